The molecule has 0 bridgehead atoms. The number of hydrogen-bond acceptors (Lipinski definition) is 7. The molecule has 11 heteroatoms. The van der Waals surface area contributed by atoms with Crippen molar-refractivity contribution in [2.75, 3.05) is 25.2 Å². The zero-order chi connectivity index (χ0) is 28.5. The molecule has 4 heterocycles. The monoisotopic (exact) mass is 590 g/mol. The van der Waals surface area contributed by atoms with E-state index in [1.165, 1.54) is 35.5 Å². The second-order valence-electron chi connectivity index (χ2n) is 9.49. The number of carbonyl (C=O) groups is 2. The second-order valence-corrected chi connectivity index (χ2v) is 11.0. The molecule has 1 fully saturated rings. The van der Waals surface area contributed by atoms with E-state index >= 15 is 0 Å². The van der Waals surface area contributed by atoms with Crippen molar-refractivity contribution in [2.45, 2.75) is 18.9 Å². The van der Waals surface area contributed by atoms with Gasteiger partial charge in [0.1, 0.15) is 10.7 Å². The molecule has 0 atom stereocenters. The minimum atomic E-state index is -0.729. The van der Waals surface area contributed by atoms with Gasteiger partial charge < -0.3 is 14.4 Å². The van der Waals surface area contributed by atoms with Crippen molar-refractivity contribution < 1.29 is 23.5 Å². The van der Waals surface area contributed by atoms with Gasteiger partial charge in [0.05, 0.1) is 24.1 Å². The summed E-state index contributed by atoms with van der Waals surface area (Å²) in [5, 5.41) is 4.76. The number of hydrogen-bond donors (Lipinski definition) is 0. The van der Waals surface area contributed by atoms with Crippen molar-refractivity contribution in [1.82, 2.24) is 14.6 Å². The molecule has 0 radical (unpaired) electrons. The van der Waals surface area contributed by atoms with Crippen molar-refractivity contribution in [3.63, 3.8) is 0 Å². The molecule has 6 rings (SSSR count). The van der Waals surface area contributed by atoms with Crippen LogP contribution in [-0.2, 0) is 9.47 Å². The van der Waals surface area contributed by atoms with Crippen molar-refractivity contribution in [3.05, 3.63) is 94.3 Å². The van der Waals surface area contributed by atoms with Crippen molar-refractivity contribution >= 4 is 46.1 Å². The van der Waals surface area contributed by atoms with Crippen LogP contribution in [0.15, 0.2) is 73.1 Å². The van der Waals surface area contributed by atoms with Gasteiger partial charge in [0.25, 0.3) is 5.91 Å². The van der Waals surface area contributed by atoms with Crippen molar-refractivity contribution in [1.29, 1.82) is 0 Å². The standard InChI is InChI=1S/C30H24ClFN4O4S/c1-39-30(38)28-25(36(21-9-13-40-14-10-21)29(37)22-8-7-20(31)15-23(22)32)17-26(41-28)19-5-3-18(4-6-19)24-16-27-33-11-2-12-35(27)34-24/h2-8,11-12,15-17,21H,9-10,13-14H2,1H3. The molecule has 0 saturated carbocycles. The van der Waals surface area contributed by atoms with E-state index in [1.54, 1.807) is 16.8 Å². The highest BCUT2D eigenvalue weighted by Gasteiger charge is 2.34. The van der Waals surface area contributed by atoms with Crippen LogP contribution in [0, 0.1) is 5.82 Å². The summed E-state index contributed by atoms with van der Waals surface area (Å²) in [6.45, 7) is 0.893. The van der Waals surface area contributed by atoms with Crippen molar-refractivity contribution in [3.8, 4) is 21.7 Å². The Balaban J connectivity index is 1.40. The maximum Gasteiger partial charge on any atom is 0.350 e. The lowest BCUT2D eigenvalue weighted by Crippen LogP contribution is -2.44. The number of ether oxygens (including phenoxy) is 2. The Morgan fingerprint density at radius 1 is 1.10 bits per heavy atom. The summed E-state index contributed by atoms with van der Waals surface area (Å²) in [4.78, 5) is 33.7. The van der Waals surface area contributed by atoms with Crippen LogP contribution in [0.2, 0.25) is 5.02 Å². The molecule has 3 aromatic heterocycles. The molecule has 1 aliphatic rings. The highest BCUT2D eigenvalue weighted by molar-refractivity contribution is 7.18. The minimum Gasteiger partial charge on any atom is -0.465 e. The van der Waals surface area contributed by atoms with Crippen LogP contribution in [-0.4, -0.2) is 52.8 Å². The maximum absolute atomic E-state index is 14.9. The zero-order valence-electron chi connectivity index (χ0n) is 21.9. The Morgan fingerprint density at radius 2 is 1.85 bits per heavy atom. The topological polar surface area (TPSA) is 86.0 Å². The van der Waals surface area contributed by atoms with E-state index in [0.717, 1.165) is 33.4 Å². The molecule has 1 aliphatic heterocycles. The number of thiophene rings is 1. The van der Waals surface area contributed by atoms with E-state index in [4.69, 9.17) is 21.1 Å². The van der Waals surface area contributed by atoms with Crippen LogP contribution >= 0.6 is 22.9 Å². The summed E-state index contributed by atoms with van der Waals surface area (Å²) in [5.41, 5.74) is 3.51. The fraction of sp³-hybridized carbons (Fsp3) is 0.200. The first-order chi connectivity index (χ1) is 19.9. The van der Waals surface area contributed by atoms with E-state index in [2.05, 4.69) is 10.1 Å². The number of methoxy groups -OCH3 is 1. The van der Waals surface area contributed by atoms with Gasteiger partial charge in [-0.15, -0.1) is 11.3 Å². The van der Waals surface area contributed by atoms with Gasteiger partial charge >= 0.3 is 5.97 Å². The Labute approximate surface area is 243 Å². The first-order valence-electron chi connectivity index (χ1n) is 12.9. The van der Waals surface area contributed by atoms with E-state index in [0.29, 0.717) is 31.7 Å². The number of benzene rings is 2. The number of aromatic nitrogens is 3. The average Bonchev–Trinajstić information content (AvgIpc) is 3.63. The second kappa shape index (κ2) is 11.4. The van der Waals surface area contributed by atoms with Gasteiger partial charge in [-0.3, -0.25) is 4.79 Å². The van der Waals surface area contributed by atoms with Gasteiger partial charge in [-0.05, 0) is 48.7 Å². The number of rotatable bonds is 6. The largest absolute Gasteiger partial charge is 0.465 e. The molecule has 2 aromatic carbocycles. The lowest BCUT2D eigenvalue weighted by molar-refractivity contribution is 0.0606. The fourth-order valence-electron chi connectivity index (χ4n) is 4.93. The number of nitrogens with zero attached hydrogens (tertiary/aromatic N) is 4. The summed E-state index contributed by atoms with van der Waals surface area (Å²) in [6.07, 6.45) is 4.63. The summed E-state index contributed by atoms with van der Waals surface area (Å²) in [6, 6.07) is 16.9. The number of esters is 1. The van der Waals surface area contributed by atoms with Gasteiger partial charge in [0.2, 0.25) is 0 Å². The number of fused-ring (bicyclic) bond motifs is 1. The summed E-state index contributed by atoms with van der Waals surface area (Å²) >= 11 is 7.16. The number of halogens is 2. The Morgan fingerprint density at radius 3 is 2.56 bits per heavy atom. The highest BCUT2D eigenvalue weighted by atomic mass is 35.5. The summed E-state index contributed by atoms with van der Waals surface area (Å²) in [7, 11) is 1.30. The van der Waals surface area contributed by atoms with E-state index in [-0.39, 0.29) is 21.5 Å². The highest BCUT2D eigenvalue weighted by Crippen LogP contribution is 2.40. The lowest BCUT2D eigenvalue weighted by atomic mass is 10.0. The van der Waals surface area contributed by atoms with E-state index in [9.17, 15) is 14.0 Å². The van der Waals surface area contributed by atoms with Crippen LogP contribution in [0.4, 0.5) is 10.1 Å². The van der Waals surface area contributed by atoms with Crippen molar-refractivity contribution in [2.24, 2.45) is 0 Å². The van der Waals surface area contributed by atoms with E-state index in [1.807, 2.05) is 42.6 Å². The third-order valence-electron chi connectivity index (χ3n) is 6.98. The van der Waals surface area contributed by atoms with Crippen LogP contribution in [0.3, 0.4) is 0 Å². The first kappa shape index (κ1) is 27.1. The Hall–Kier alpha value is -4.12. The normalized spacial score (nSPS) is 13.8. The minimum absolute atomic E-state index is 0.129. The predicted molar refractivity (Wildman–Crippen MR) is 155 cm³/mol. The molecular weight excluding hydrogens is 567 g/mol. The van der Waals surface area contributed by atoms with Gasteiger partial charge in [-0.1, -0.05) is 35.9 Å². The number of amides is 1. The molecule has 0 spiro atoms. The first-order valence-corrected chi connectivity index (χ1v) is 14.1. The predicted octanol–water partition coefficient (Wildman–Crippen LogP) is 6.53. The quantitative estimate of drug-likeness (QED) is 0.209. The summed E-state index contributed by atoms with van der Waals surface area (Å²) < 4.78 is 27.3. The van der Waals surface area contributed by atoms with Crippen LogP contribution in [0.5, 0.6) is 0 Å². The van der Waals surface area contributed by atoms with Gasteiger partial charge in [0, 0.05) is 53.2 Å². The molecular formula is C30H24ClFN4O4S. The number of anilines is 1. The van der Waals surface area contributed by atoms with Gasteiger partial charge in [-0.25, -0.2) is 18.7 Å². The molecule has 208 valence electrons. The molecule has 1 amide bonds. The van der Waals surface area contributed by atoms with Crippen LogP contribution in [0.25, 0.3) is 27.3 Å². The molecule has 0 unspecified atom stereocenters. The smallest absolute Gasteiger partial charge is 0.350 e. The SMILES string of the molecule is COC(=O)c1sc(-c2ccc(-c3cc4ncccn4n3)cc2)cc1N(C(=O)c1ccc(Cl)cc1F)C1CCOCC1. The Bertz CT molecular complexity index is 1710. The molecule has 0 N–H and O–H groups in total. The maximum atomic E-state index is 14.9. The zero-order valence-corrected chi connectivity index (χ0v) is 23.5. The molecule has 41 heavy (non-hydrogen) atoms. The molecule has 5 aromatic rings. The third-order valence-corrected chi connectivity index (χ3v) is 8.37. The molecule has 0 aliphatic carbocycles. The van der Waals surface area contributed by atoms with Crippen LogP contribution in [0.1, 0.15) is 32.9 Å². The third kappa shape index (κ3) is 5.33. The average molecular weight is 591 g/mol. The van der Waals surface area contributed by atoms with Crippen LogP contribution < -0.4 is 4.90 Å². The van der Waals surface area contributed by atoms with E-state index < -0.39 is 17.7 Å². The van der Waals surface area contributed by atoms with Gasteiger partial charge in [0.15, 0.2) is 5.65 Å². The summed E-state index contributed by atoms with van der Waals surface area (Å²) in [5.74, 6) is -1.87. The Kier molecular flexibility index (Phi) is 7.53. The number of carbonyl (C=O) groups excluding carboxylic acids is 2. The lowest BCUT2D eigenvalue weighted by Gasteiger charge is -2.34. The van der Waals surface area contributed by atoms with Gasteiger partial charge in [-0.2, -0.15) is 5.10 Å². The fourth-order valence-corrected chi connectivity index (χ4v) is 6.16. The molecule has 1 saturated heterocycles. The molecule has 8 nitrogen and oxygen atoms in total.